The fourth-order valence-electron chi connectivity index (χ4n) is 2.59. The highest BCUT2D eigenvalue weighted by atomic mass is 16.5. The minimum Gasteiger partial charge on any atom is -0.496 e. The fraction of sp³-hybridized carbons (Fsp3) is 0.263. The van der Waals surface area contributed by atoms with Crippen LogP contribution in [0, 0.1) is 6.92 Å². The zero-order chi connectivity index (χ0) is 19.3. The molecule has 138 valence electrons. The second-order valence-corrected chi connectivity index (χ2v) is 5.60. The Hall–Kier alpha value is -3.22. The van der Waals surface area contributed by atoms with E-state index >= 15 is 0 Å². The smallest absolute Gasteiger partial charge is 0.335 e. The predicted molar refractivity (Wildman–Crippen MR) is 96.6 cm³/mol. The molecule has 0 aliphatic carbocycles. The van der Waals surface area contributed by atoms with E-state index in [0.717, 1.165) is 11.1 Å². The normalized spacial score (nSPS) is 10.2. The molecule has 0 spiro atoms. The first-order valence-electron chi connectivity index (χ1n) is 7.82. The second kappa shape index (κ2) is 8.24. The lowest BCUT2D eigenvalue weighted by molar-refractivity contribution is -0.115. The number of aryl methyl sites for hydroxylation is 1. The van der Waals surface area contributed by atoms with E-state index in [1.807, 2.05) is 19.1 Å². The molecule has 0 fully saturated rings. The van der Waals surface area contributed by atoms with E-state index in [0.29, 0.717) is 5.75 Å². The van der Waals surface area contributed by atoms with Crippen molar-refractivity contribution in [2.75, 3.05) is 26.6 Å². The average molecular weight is 359 g/mol. The number of amides is 1. The van der Waals surface area contributed by atoms with Crippen molar-refractivity contribution in [3.8, 4) is 17.2 Å². The van der Waals surface area contributed by atoms with Crippen LogP contribution in [0.25, 0.3) is 0 Å². The van der Waals surface area contributed by atoms with Crippen LogP contribution in [0.1, 0.15) is 21.5 Å². The minimum atomic E-state index is -1.14. The molecule has 2 aromatic carbocycles. The molecule has 0 radical (unpaired) electrons. The van der Waals surface area contributed by atoms with Crippen LogP contribution in [-0.4, -0.2) is 38.3 Å². The first-order chi connectivity index (χ1) is 12.4. The number of benzene rings is 2. The van der Waals surface area contributed by atoms with Gasteiger partial charge >= 0.3 is 5.97 Å². The summed E-state index contributed by atoms with van der Waals surface area (Å²) in [5.41, 5.74) is 1.93. The van der Waals surface area contributed by atoms with Gasteiger partial charge in [-0.3, -0.25) is 4.79 Å². The Morgan fingerprint density at radius 1 is 1.00 bits per heavy atom. The summed E-state index contributed by atoms with van der Waals surface area (Å²) in [6.07, 6.45) is 0.0631. The van der Waals surface area contributed by atoms with Crippen LogP contribution in [0.3, 0.4) is 0 Å². The molecule has 26 heavy (non-hydrogen) atoms. The Morgan fingerprint density at radius 2 is 1.69 bits per heavy atom. The Kier molecular flexibility index (Phi) is 6.06. The summed E-state index contributed by atoms with van der Waals surface area (Å²) in [7, 11) is 4.35. The number of hydrogen-bond acceptors (Lipinski definition) is 5. The van der Waals surface area contributed by atoms with E-state index in [-0.39, 0.29) is 35.1 Å². The van der Waals surface area contributed by atoms with Crippen LogP contribution in [-0.2, 0) is 11.2 Å². The standard InChI is InChI=1S/C19H21NO6/c1-11-5-6-15(24-2)12(7-11)10-17(21)20-14-8-13(19(22)23)9-16(25-3)18(14)26-4/h5-9H,10H2,1-4H3,(H,20,21)(H,22,23). The van der Waals surface area contributed by atoms with Crippen LogP contribution in [0.2, 0.25) is 0 Å². The highest BCUT2D eigenvalue weighted by molar-refractivity contribution is 5.97. The molecule has 0 saturated carbocycles. The molecule has 2 aromatic rings. The van der Waals surface area contributed by atoms with Crippen LogP contribution >= 0.6 is 0 Å². The maximum absolute atomic E-state index is 12.5. The van der Waals surface area contributed by atoms with Crippen molar-refractivity contribution in [1.29, 1.82) is 0 Å². The first kappa shape index (κ1) is 19.1. The summed E-state index contributed by atoms with van der Waals surface area (Å²) in [6.45, 7) is 1.92. The van der Waals surface area contributed by atoms with E-state index < -0.39 is 5.97 Å². The number of hydrogen-bond donors (Lipinski definition) is 2. The number of rotatable bonds is 7. The topological polar surface area (TPSA) is 94.1 Å². The number of carboxylic acids is 1. The molecule has 0 aliphatic heterocycles. The number of aromatic carboxylic acids is 1. The van der Waals surface area contributed by atoms with Crippen LogP contribution in [0.4, 0.5) is 5.69 Å². The number of carboxylic acid groups (broad SMARTS) is 1. The number of methoxy groups -OCH3 is 3. The van der Waals surface area contributed by atoms with Crippen molar-refractivity contribution in [3.63, 3.8) is 0 Å². The quantitative estimate of drug-likeness (QED) is 0.789. The molecule has 0 atom stereocenters. The van der Waals surface area contributed by atoms with Gasteiger partial charge in [-0.2, -0.15) is 0 Å². The number of ether oxygens (including phenoxy) is 3. The van der Waals surface area contributed by atoms with Gasteiger partial charge < -0.3 is 24.6 Å². The molecule has 7 nitrogen and oxygen atoms in total. The van der Waals surface area contributed by atoms with Gasteiger partial charge in [0.05, 0.1) is 39.0 Å². The second-order valence-electron chi connectivity index (χ2n) is 5.60. The molecular weight excluding hydrogens is 338 g/mol. The van der Waals surface area contributed by atoms with Crippen molar-refractivity contribution in [1.82, 2.24) is 0 Å². The summed E-state index contributed by atoms with van der Waals surface area (Å²) >= 11 is 0. The number of nitrogens with one attached hydrogen (secondary N) is 1. The zero-order valence-electron chi connectivity index (χ0n) is 15.1. The third kappa shape index (κ3) is 4.24. The summed E-state index contributed by atoms with van der Waals surface area (Å²) in [6, 6.07) is 8.22. The highest BCUT2D eigenvalue weighted by Gasteiger charge is 2.18. The van der Waals surface area contributed by atoms with Gasteiger partial charge in [0.15, 0.2) is 11.5 Å². The van der Waals surface area contributed by atoms with Crippen molar-refractivity contribution in [3.05, 3.63) is 47.0 Å². The van der Waals surface area contributed by atoms with Gasteiger partial charge in [-0.25, -0.2) is 4.79 Å². The van der Waals surface area contributed by atoms with Crippen molar-refractivity contribution < 1.29 is 28.9 Å². The SMILES string of the molecule is COc1ccc(C)cc1CC(=O)Nc1cc(C(=O)O)cc(OC)c1OC. The van der Waals surface area contributed by atoms with Crippen molar-refractivity contribution in [2.24, 2.45) is 0 Å². The summed E-state index contributed by atoms with van der Waals surface area (Å²) < 4.78 is 15.7. The molecule has 7 heteroatoms. The Bertz CT molecular complexity index is 831. The molecule has 0 bridgehead atoms. The Balaban J connectivity index is 2.32. The highest BCUT2D eigenvalue weighted by Crippen LogP contribution is 2.36. The van der Waals surface area contributed by atoms with Gasteiger partial charge in [0.2, 0.25) is 5.91 Å². The third-order valence-electron chi connectivity index (χ3n) is 3.79. The fourth-order valence-corrected chi connectivity index (χ4v) is 2.59. The van der Waals surface area contributed by atoms with E-state index in [1.54, 1.807) is 6.07 Å². The van der Waals surface area contributed by atoms with Crippen LogP contribution < -0.4 is 19.5 Å². The lowest BCUT2D eigenvalue weighted by atomic mass is 10.1. The molecule has 2 rings (SSSR count). The number of carbonyl (C=O) groups excluding carboxylic acids is 1. The summed E-state index contributed by atoms with van der Waals surface area (Å²) in [5, 5.41) is 11.9. The van der Waals surface area contributed by atoms with Crippen LogP contribution in [0.5, 0.6) is 17.2 Å². The maximum Gasteiger partial charge on any atom is 0.335 e. The van der Waals surface area contributed by atoms with Gasteiger partial charge in [0.25, 0.3) is 0 Å². The maximum atomic E-state index is 12.5. The Labute approximate surface area is 151 Å². The molecule has 0 unspecified atom stereocenters. The van der Waals surface area contributed by atoms with Crippen LogP contribution in [0.15, 0.2) is 30.3 Å². The lowest BCUT2D eigenvalue weighted by Gasteiger charge is -2.15. The molecule has 2 N–H and O–H groups in total. The van der Waals surface area contributed by atoms with E-state index in [4.69, 9.17) is 14.2 Å². The van der Waals surface area contributed by atoms with Crippen molar-refractivity contribution in [2.45, 2.75) is 13.3 Å². The first-order valence-corrected chi connectivity index (χ1v) is 7.82. The Morgan fingerprint density at radius 3 is 2.27 bits per heavy atom. The van der Waals surface area contributed by atoms with Gasteiger partial charge in [0.1, 0.15) is 5.75 Å². The van der Waals surface area contributed by atoms with Gasteiger partial charge in [-0.05, 0) is 25.1 Å². The van der Waals surface area contributed by atoms with E-state index in [1.165, 1.54) is 33.5 Å². The lowest BCUT2D eigenvalue weighted by Crippen LogP contribution is -2.16. The number of carbonyl (C=O) groups is 2. The third-order valence-corrected chi connectivity index (χ3v) is 3.79. The zero-order valence-corrected chi connectivity index (χ0v) is 15.1. The van der Waals surface area contributed by atoms with E-state index in [2.05, 4.69) is 5.32 Å². The largest absolute Gasteiger partial charge is 0.496 e. The predicted octanol–water partition coefficient (Wildman–Crippen LogP) is 2.90. The monoisotopic (exact) mass is 359 g/mol. The van der Waals surface area contributed by atoms with Crippen molar-refractivity contribution >= 4 is 17.6 Å². The summed E-state index contributed by atoms with van der Waals surface area (Å²) in [4.78, 5) is 23.8. The molecule has 0 saturated heterocycles. The van der Waals surface area contributed by atoms with Gasteiger partial charge in [-0.1, -0.05) is 17.7 Å². The van der Waals surface area contributed by atoms with Gasteiger partial charge in [0, 0.05) is 5.56 Å². The summed E-state index contributed by atoms with van der Waals surface area (Å²) in [5.74, 6) is -0.397. The number of anilines is 1. The molecule has 1 amide bonds. The molecule has 0 aliphatic rings. The molecular formula is C19H21NO6. The van der Waals surface area contributed by atoms with Gasteiger partial charge in [-0.15, -0.1) is 0 Å². The van der Waals surface area contributed by atoms with E-state index in [9.17, 15) is 14.7 Å². The molecule has 0 aromatic heterocycles. The molecule has 0 heterocycles. The average Bonchev–Trinajstić information content (AvgIpc) is 2.60. The minimum absolute atomic E-state index is 0.0221.